The lowest BCUT2D eigenvalue weighted by molar-refractivity contribution is 0.590. The van der Waals surface area contributed by atoms with Crippen LogP contribution in [-0.4, -0.2) is 4.98 Å². The second-order valence-electron chi connectivity index (χ2n) is 5.98. The molecule has 2 rings (SSSR count). The highest BCUT2D eigenvalue weighted by molar-refractivity contribution is 7.09. The van der Waals surface area contributed by atoms with Gasteiger partial charge < -0.3 is 5.32 Å². The Labute approximate surface area is 119 Å². The lowest BCUT2D eigenvalue weighted by Crippen LogP contribution is -2.11. The summed E-state index contributed by atoms with van der Waals surface area (Å²) in [7, 11) is 0. The molecule has 102 valence electrons. The van der Waals surface area contributed by atoms with E-state index in [2.05, 4.69) is 67.6 Å². The van der Waals surface area contributed by atoms with E-state index >= 15 is 0 Å². The highest BCUT2D eigenvalue weighted by atomic mass is 32.1. The van der Waals surface area contributed by atoms with Crippen molar-refractivity contribution in [2.24, 2.45) is 0 Å². The summed E-state index contributed by atoms with van der Waals surface area (Å²) < 4.78 is 0. The van der Waals surface area contributed by atoms with E-state index in [9.17, 15) is 0 Å². The van der Waals surface area contributed by atoms with Crippen LogP contribution in [0.1, 0.15) is 50.0 Å². The number of anilines is 1. The highest BCUT2D eigenvalue weighted by Crippen LogP contribution is 2.25. The van der Waals surface area contributed by atoms with Crippen LogP contribution < -0.4 is 5.32 Å². The molecule has 0 saturated carbocycles. The first kappa shape index (κ1) is 14.1. The number of thiazole rings is 1. The van der Waals surface area contributed by atoms with E-state index in [-0.39, 0.29) is 11.5 Å². The fourth-order valence-corrected chi connectivity index (χ4v) is 2.68. The monoisotopic (exact) mass is 274 g/mol. The standard InChI is InChI=1S/C16H22N2S/c1-11(15-10-19-12(2)18-15)17-14-8-6-13(7-9-14)16(3,4)5/h6-11,17H,1-5H3. The van der Waals surface area contributed by atoms with Gasteiger partial charge in [0.15, 0.2) is 0 Å². The van der Waals surface area contributed by atoms with Crippen molar-refractivity contribution in [3.8, 4) is 0 Å². The van der Waals surface area contributed by atoms with Crippen molar-refractivity contribution in [3.63, 3.8) is 0 Å². The van der Waals surface area contributed by atoms with Gasteiger partial charge in [-0.05, 0) is 37.0 Å². The predicted octanol–water partition coefficient (Wildman–Crippen LogP) is 4.92. The number of hydrogen-bond acceptors (Lipinski definition) is 3. The Balaban J connectivity index is 2.07. The van der Waals surface area contributed by atoms with Gasteiger partial charge in [-0.25, -0.2) is 4.98 Å². The van der Waals surface area contributed by atoms with Crippen molar-refractivity contribution in [3.05, 3.63) is 45.9 Å². The summed E-state index contributed by atoms with van der Waals surface area (Å²) in [6.07, 6.45) is 0. The first-order valence-corrected chi connectivity index (χ1v) is 7.53. The lowest BCUT2D eigenvalue weighted by atomic mass is 9.87. The fraction of sp³-hybridized carbons (Fsp3) is 0.438. The predicted molar refractivity (Wildman–Crippen MR) is 84.0 cm³/mol. The molecule has 1 unspecified atom stereocenters. The van der Waals surface area contributed by atoms with Gasteiger partial charge in [0, 0.05) is 11.1 Å². The van der Waals surface area contributed by atoms with E-state index in [1.807, 2.05) is 6.92 Å². The maximum atomic E-state index is 4.52. The molecule has 0 fully saturated rings. The molecule has 1 aromatic heterocycles. The Bertz CT molecular complexity index is 535. The van der Waals surface area contributed by atoms with Crippen LogP contribution in [0, 0.1) is 6.92 Å². The minimum absolute atomic E-state index is 0.205. The lowest BCUT2D eigenvalue weighted by Gasteiger charge is -2.20. The Kier molecular flexibility index (Phi) is 3.95. The summed E-state index contributed by atoms with van der Waals surface area (Å²) in [6, 6.07) is 8.93. The molecule has 1 heterocycles. The minimum Gasteiger partial charge on any atom is -0.377 e. The normalized spacial score (nSPS) is 13.3. The van der Waals surface area contributed by atoms with Gasteiger partial charge in [-0.2, -0.15) is 0 Å². The molecule has 19 heavy (non-hydrogen) atoms. The van der Waals surface area contributed by atoms with Gasteiger partial charge in [-0.3, -0.25) is 0 Å². The van der Waals surface area contributed by atoms with Gasteiger partial charge in [-0.1, -0.05) is 32.9 Å². The third-order valence-corrected chi connectivity index (χ3v) is 4.01. The molecular formula is C16H22N2S. The summed E-state index contributed by atoms with van der Waals surface area (Å²) in [5.41, 5.74) is 3.82. The molecule has 0 radical (unpaired) electrons. The average molecular weight is 274 g/mol. The maximum Gasteiger partial charge on any atom is 0.0898 e. The van der Waals surface area contributed by atoms with Crippen LogP contribution in [-0.2, 0) is 5.41 Å². The van der Waals surface area contributed by atoms with Gasteiger partial charge >= 0.3 is 0 Å². The average Bonchev–Trinajstić information content (AvgIpc) is 2.75. The molecule has 2 aromatic rings. The molecule has 0 aliphatic heterocycles. The molecule has 0 bridgehead atoms. The Hall–Kier alpha value is -1.35. The third kappa shape index (κ3) is 3.57. The zero-order valence-electron chi connectivity index (χ0n) is 12.3. The SMILES string of the molecule is Cc1nc(C(C)Nc2ccc(C(C)(C)C)cc2)cs1. The first-order valence-electron chi connectivity index (χ1n) is 6.65. The van der Waals surface area contributed by atoms with E-state index in [1.165, 1.54) is 5.56 Å². The van der Waals surface area contributed by atoms with E-state index in [0.29, 0.717) is 0 Å². The third-order valence-electron chi connectivity index (χ3n) is 3.21. The second-order valence-corrected chi connectivity index (χ2v) is 7.05. The van der Waals surface area contributed by atoms with Crippen LogP contribution in [0.5, 0.6) is 0 Å². The number of nitrogens with one attached hydrogen (secondary N) is 1. The molecule has 0 amide bonds. The Morgan fingerprint density at radius 2 is 1.79 bits per heavy atom. The minimum atomic E-state index is 0.205. The van der Waals surface area contributed by atoms with Crippen LogP contribution in [0.15, 0.2) is 29.6 Å². The molecule has 1 atom stereocenters. The summed E-state index contributed by atoms with van der Waals surface area (Å²) in [5.74, 6) is 0. The van der Waals surface area contributed by atoms with E-state index < -0.39 is 0 Å². The van der Waals surface area contributed by atoms with Gasteiger partial charge in [0.05, 0.1) is 16.7 Å². The zero-order valence-corrected chi connectivity index (χ0v) is 13.1. The molecule has 2 nitrogen and oxygen atoms in total. The van der Waals surface area contributed by atoms with Crippen LogP contribution in [0.2, 0.25) is 0 Å². The summed E-state index contributed by atoms with van der Waals surface area (Å²) in [6.45, 7) is 10.9. The smallest absolute Gasteiger partial charge is 0.0898 e. The number of rotatable bonds is 3. The molecule has 0 saturated heterocycles. The van der Waals surface area contributed by atoms with Gasteiger partial charge in [-0.15, -0.1) is 11.3 Å². The highest BCUT2D eigenvalue weighted by Gasteiger charge is 2.13. The van der Waals surface area contributed by atoms with Gasteiger partial charge in [0.2, 0.25) is 0 Å². The maximum absolute atomic E-state index is 4.52. The van der Waals surface area contributed by atoms with Crippen molar-refractivity contribution >= 4 is 17.0 Å². The van der Waals surface area contributed by atoms with E-state index in [0.717, 1.165) is 16.4 Å². The van der Waals surface area contributed by atoms with Crippen molar-refractivity contribution in [2.45, 2.75) is 46.1 Å². The van der Waals surface area contributed by atoms with Gasteiger partial charge in [0.25, 0.3) is 0 Å². The number of aromatic nitrogens is 1. The molecule has 0 aliphatic carbocycles. The van der Waals surface area contributed by atoms with Crippen molar-refractivity contribution in [1.29, 1.82) is 0 Å². The zero-order chi connectivity index (χ0) is 14.0. The van der Waals surface area contributed by atoms with Crippen molar-refractivity contribution < 1.29 is 0 Å². The number of hydrogen-bond donors (Lipinski definition) is 1. The summed E-state index contributed by atoms with van der Waals surface area (Å²) in [5, 5.41) is 6.73. The largest absolute Gasteiger partial charge is 0.377 e. The Morgan fingerprint density at radius 1 is 1.16 bits per heavy atom. The number of aryl methyl sites for hydroxylation is 1. The summed E-state index contributed by atoms with van der Waals surface area (Å²) in [4.78, 5) is 4.52. The Morgan fingerprint density at radius 3 is 2.26 bits per heavy atom. The summed E-state index contributed by atoms with van der Waals surface area (Å²) >= 11 is 1.70. The molecule has 3 heteroatoms. The van der Waals surface area contributed by atoms with Crippen LogP contribution in [0.4, 0.5) is 5.69 Å². The molecule has 1 aromatic carbocycles. The molecular weight excluding hydrogens is 252 g/mol. The van der Waals surface area contributed by atoms with E-state index in [4.69, 9.17) is 0 Å². The van der Waals surface area contributed by atoms with Crippen LogP contribution in [0.25, 0.3) is 0 Å². The first-order chi connectivity index (χ1) is 8.86. The van der Waals surface area contributed by atoms with E-state index in [1.54, 1.807) is 11.3 Å². The molecule has 0 spiro atoms. The topological polar surface area (TPSA) is 24.9 Å². The van der Waals surface area contributed by atoms with Crippen molar-refractivity contribution in [1.82, 2.24) is 4.98 Å². The van der Waals surface area contributed by atoms with Crippen LogP contribution >= 0.6 is 11.3 Å². The number of benzene rings is 1. The molecule has 0 aliphatic rings. The number of nitrogens with zero attached hydrogens (tertiary/aromatic N) is 1. The van der Waals surface area contributed by atoms with Crippen molar-refractivity contribution in [2.75, 3.05) is 5.32 Å². The fourth-order valence-electron chi connectivity index (χ4n) is 1.97. The quantitative estimate of drug-likeness (QED) is 0.859. The molecule has 1 N–H and O–H groups in total. The van der Waals surface area contributed by atoms with Crippen LogP contribution in [0.3, 0.4) is 0 Å². The second kappa shape index (κ2) is 5.33. The van der Waals surface area contributed by atoms with Gasteiger partial charge in [0.1, 0.15) is 0 Å².